The van der Waals surface area contributed by atoms with Gasteiger partial charge in [-0.15, -0.1) is 0 Å². The van der Waals surface area contributed by atoms with Crippen LogP contribution < -0.4 is 5.32 Å². The van der Waals surface area contributed by atoms with Crippen molar-refractivity contribution in [3.63, 3.8) is 0 Å². The molecule has 0 aromatic heterocycles. The molecule has 13 heavy (non-hydrogen) atoms. The van der Waals surface area contributed by atoms with E-state index in [-0.39, 0.29) is 11.8 Å². The van der Waals surface area contributed by atoms with E-state index in [0.717, 1.165) is 22.1 Å². The summed E-state index contributed by atoms with van der Waals surface area (Å²) in [6.45, 7) is 0. The molecule has 1 fully saturated rings. The molecule has 3 heteroatoms. The topological polar surface area (TPSA) is 29.1 Å². The lowest BCUT2D eigenvalue weighted by Crippen LogP contribution is -2.13. The maximum Gasteiger partial charge on any atom is 0.227 e. The van der Waals surface area contributed by atoms with Gasteiger partial charge in [0, 0.05) is 15.2 Å². The van der Waals surface area contributed by atoms with E-state index in [1.54, 1.807) is 0 Å². The molecule has 0 spiro atoms. The van der Waals surface area contributed by atoms with Gasteiger partial charge in [-0.1, -0.05) is 6.07 Å². The second-order valence-electron chi connectivity index (χ2n) is 3.27. The molecule has 1 aliphatic rings. The first-order chi connectivity index (χ1) is 6.25. The third kappa shape index (κ3) is 2.43. The minimum atomic E-state index is 0.169. The molecule has 0 unspecified atom stereocenters. The van der Waals surface area contributed by atoms with Crippen molar-refractivity contribution in [2.24, 2.45) is 5.92 Å². The van der Waals surface area contributed by atoms with Crippen LogP contribution in [0.4, 0.5) is 5.69 Å². The monoisotopic (exact) mass is 287 g/mol. The van der Waals surface area contributed by atoms with Gasteiger partial charge in [-0.05, 0) is 53.6 Å². The zero-order valence-electron chi connectivity index (χ0n) is 7.09. The van der Waals surface area contributed by atoms with Crippen molar-refractivity contribution in [3.8, 4) is 0 Å². The zero-order valence-corrected chi connectivity index (χ0v) is 9.24. The van der Waals surface area contributed by atoms with Crippen LogP contribution in [0.3, 0.4) is 0 Å². The largest absolute Gasteiger partial charge is 0.326 e. The molecule has 68 valence electrons. The summed E-state index contributed by atoms with van der Waals surface area (Å²) in [5, 5.41) is 2.90. The van der Waals surface area contributed by atoms with E-state index in [2.05, 4.69) is 27.9 Å². The van der Waals surface area contributed by atoms with Crippen LogP contribution in [0.5, 0.6) is 0 Å². The van der Waals surface area contributed by atoms with Crippen molar-refractivity contribution in [3.05, 3.63) is 27.8 Å². The normalized spacial score (nSPS) is 15.5. The fourth-order valence-corrected chi connectivity index (χ4v) is 1.70. The zero-order chi connectivity index (χ0) is 9.26. The lowest BCUT2D eigenvalue weighted by Gasteiger charge is -2.03. The van der Waals surface area contributed by atoms with E-state index in [0.29, 0.717) is 0 Å². The van der Waals surface area contributed by atoms with Crippen molar-refractivity contribution in [2.45, 2.75) is 12.8 Å². The Labute approximate surface area is 90.9 Å². The van der Waals surface area contributed by atoms with E-state index in [4.69, 9.17) is 0 Å². The summed E-state index contributed by atoms with van der Waals surface area (Å²) in [7, 11) is 0. The van der Waals surface area contributed by atoms with Crippen LogP contribution in [0.25, 0.3) is 0 Å². The smallest absolute Gasteiger partial charge is 0.227 e. The molecule has 0 radical (unpaired) electrons. The Bertz CT molecular complexity index is 333. The van der Waals surface area contributed by atoms with Gasteiger partial charge in [-0.25, -0.2) is 0 Å². The summed E-state index contributed by atoms with van der Waals surface area (Å²) in [5.41, 5.74) is 0.906. The Balaban J connectivity index is 2.04. The van der Waals surface area contributed by atoms with Crippen LogP contribution in [0, 0.1) is 9.49 Å². The van der Waals surface area contributed by atoms with Crippen molar-refractivity contribution in [2.75, 3.05) is 5.32 Å². The summed E-state index contributed by atoms with van der Waals surface area (Å²) in [6, 6.07) is 7.85. The summed E-state index contributed by atoms with van der Waals surface area (Å²) in [5.74, 6) is 0.444. The molecule has 1 N–H and O–H groups in total. The molecule has 2 nitrogen and oxygen atoms in total. The molecule has 1 aromatic carbocycles. The SMILES string of the molecule is O=C(Nc1cccc(I)c1)C1CC1. The molecule has 1 amide bonds. The van der Waals surface area contributed by atoms with Gasteiger partial charge in [-0.3, -0.25) is 4.79 Å². The van der Waals surface area contributed by atoms with Gasteiger partial charge in [0.2, 0.25) is 5.91 Å². The van der Waals surface area contributed by atoms with Gasteiger partial charge in [0.05, 0.1) is 0 Å². The first-order valence-corrected chi connectivity index (χ1v) is 5.40. The van der Waals surface area contributed by atoms with Crippen molar-refractivity contribution >= 4 is 34.2 Å². The highest BCUT2D eigenvalue weighted by Gasteiger charge is 2.29. The quantitative estimate of drug-likeness (QED) is 0.832. The highest BCUT2D eigenvalue weighted by Crippen LogP contribution is 2.30. The molecule has 1 aliphatic carbocycles. The Morgan fingerprint density at radius 2 is 2.23 bits per heavy atom. The molecule has 1 saturated carbocycles. The summed E-state index contributed by atoms with van der Waals surface area (Å²) < 4.78 is 1.14. The van der Waals surface area contributed by atoms with Crippen LogP contribution in [0.2, 0.25) is 0 Å². The summed E-state index contributed by atoms with van der Waals surface area (Å²) in [6.07, 6.45) is 2.10. The standard InChI is InChI=1S/C10H10INO/c11-8-2-1-3-9(6-8)12-10(13)7-4-5-7/h1-3,6-7H,4-5H2,(H,12,13). The molecule has 0 atom stereocenters. The Hall–Kier alpha value is -0.580. The number of nitrogens with one attached hydrogen (secondary N) is 1. The fourth-order valence-electron chi connectivity index (χ4n) is 1.16. The molecular weight excluding hydrogens is 277 g/mol. The molecule has 1 aromatic rings. The number of rotatable bonds is 2. The van der Waals surface area contributed by atoms with E-state index >= 15 is 0 Å². The third-order valence-electron chi connectivity index (χ3n) is 2.04. The predicted octanol–water partition coefficient (Wildman–Crippen LogP) is 2.64. The summed E-state index contributed by atoms with van der Waals surface area (Å²) >= 11 is 2.23. The van der Waals surface area contributed by atoms with E-state index < -0.39 is 0 Å². The maximum atomic E-state index is 11.4. The van der Waals surface area contributed by atoms with Gasteiger partial charge in [0.1, 0.15) is 0 Å². The highest BCUT2D eigenvalue weighted by atomic mass is 127. The number of carbonyl (C=O) groups is 1. The number of carbonyl (C=O) groups excluding carboxylic acids is 1. The molecule has 0 bridgehead atoms. The first-order valence-electron chi connectivity index (χ1n) is 4.32. The predicted molar refractivity (Wildman–Crippen MR) is 60.5 cm³/mol. The third-order valence-corrected chi connectivity index (χ3v) is 2.71. The lowest BCUT2D eigenvalue weighted by atomic mass is 10.3. The van der Waals surface area contributed by atoms with Crippen LogP contribution in [-0.2, 0) is 4.79 Å². The molecule has 2 rings (SSSR count). The molecular formula is C10H10INO. The number of hydrogen-bond acceptors (Lipinski definition) is 1. The second kappa shape index (κ2) is 3.65. The van der Waals surface area contributed by atoms with Crippen molar-refractivity contribution < 1.29 is 4.79 Å². The van der Waals surface area contributed by atoms with Crippen LogP contribution in [0.1, 0.15) is 12.8 Å². The van der Waals surface area contributed by atoms with Crippen molar-refractivity contribution in [1.82, 2.24) is 0 Å². The van der Waals surface area contributed by atoms with Crippen molar-refractivity contribution in [1.29, 1.82) is 0 Å². The Kier molecular flexibility index (Phi) is 2.53. The average molecular weight is 287 g/mol. The van der Waals surface area contributed by atoms with Crippen LogP contribution >= 0.6 is 22.6 Å². The number of hydrogen-bond donors (Lipinski definition) is 1. The Morgan fingerprint density at radius 1 is 1.46 bits per heavy atom. The second-order valence-corrected chi connectivity index (χ2v) is 4.52. The average Bonchev–Trinajstić information content (AvgIpc) is 2.85. The number of amides is 1. The van der Waals surface area contributed by atoms with Gasteiger partial charge < -0.3 is 5.32 Å². The minimum absolute atomic E-state index is 0.169. The Morgan fingerprint density at radius 3 is 2.85 bits per heavy atom. The number of anilines is 1. The summed E-state index contributed by atoms with van der Waals surface area (Å²) in [4.78, 5) is 11.4. The molecule has 0 saturated heterocycles. The maximum absolute atomic E-state index is 11.4. The number of halogens is 1. The van der Waals surface area contributed by atoms with E-state index in [1.807, 2.05) is 24.3 Å². The van der Waals surface area contributed by atoms with Crippen LogP contribution in [0.15, 0.2) is 24.3 Å². The van der Waals surface area contributed by atoms with Gasteiger partial charge in [0.25, 0.3) is 0 Å². The lowest BCUT2D eigenvalue weighted by molar-refractivity contribution is -0.117. The highest BCUT2D eigenvalue weighted by molar-refractivity contribution is 14.1. The fraction of sp³-hybridized carbons (Fsp3) is 0.300. The van der Waals surface area contributed by atoms with Crippen LogP contribution in [-0.4, -0.2) is 5.91 Å². The minimum Gasteiger partial charge on any atom is -0.326 e. The van der Waals surface area contributed by atoms with E-state index in [9.17, 15) is 4.79 Å². The van der Waals surface area contributed by atoms with E-state index in [1.165, 1.54) is 0 Å². The van der Waals surface area contributed by atoms with Gasteiger partial charge >= 0.3 is 0 Å². The first kappa shape index (κ1) is 8.99. The number of benzene rings is 1. The molecule has 0 aliphatic heterocycles. The van der Waals surface area contributed by atoms with Gasteiger partial charge in [0.15, 0.2) is 0 Å². The van der Waals surface area contributed by atoms with Gasteiger partial charge in [-0.2, -0.15) is 0 Å². The molecule has 0 heterocycles.